The molecule has 8 heteroatoms. The fraction of sp³-hybridized carbons (Fsp3) is 0.467. The van der Waals surface area contributed by atoms with E-state index in [4.69, 9.17) is 15.6 Å². The Hall–Kier alpha value is -2.53. The Kier molecular flexibility index (Phi) is 3.96. The SMILES string of the molecule is N#Cc1c(N2CCN(C(=O)O)CC2)cc(F)c2c1OC[C@H](N)C2. The fourth-order valence-electron chi connectivity index (χ4n) is 3.01. The molecule has 3 N–H and O–H groups in total. The van der Waals surface area contributed by atoms with Crippen molar-refractivity contribution >= 4 is 11.8 Å². The molecule has 0 aliphatic carbocycles. The second-order valence-electron chi connectivity index (χ2n) is 5.70. The highest BCUT2D eigenvalue weighted by atomic mass is 19.1. The lowest BCUT2D eigenvalue weighted by Gasteiger charge is -2.36. The normalized spacial score (nSPS) is 20.5. The van der Waals surface area contributed by atoms with Gasteiger partial charge in [0.1, 0.15) is 29.8 Å². The smallest absolute Gasteiger partial charge is 0.407 e. The van der Waals surface area contributed by atoms with Crippen LogP contribution in [0.4, 0.5) is 14.9 Å². The van der Waals surface area contributed by atoms with Crippen molar-refractivity contribution < 1.29 is 19.0 Å². The van der Waals surface area contributed by atoms with Gasteiger partial charge in [0, 0.05) is 37.8 Å². The number of rotatable bonds is 1. The molecule has 1 atom stereocenters. The molecule has 0 radical (unpaired) electrons. The van der Waals surface area contributed by atoms with Gasteiger partial charge in [-0.15, -0.1) is 0 Å². The van der Waals surface area contributed by atoms with E-state index in [1.165, 1.54) is 11.0 Å². The molecule has 122 valence electrons. The number of fused-ring (bicyclic) bond motifs is 1. The van der Waals surface area contributed by atoms with Crippen LogP contribution in [0.2, 0.25) is 0 Å². The summed E-state index contributed by atoms with van der Waals surface area (Å²) >= 11 is 0. The van der Waals surface area contributed by atoms with Gasteiger partial charge in [-0.25, -0.2) is 9.18 Å². The lowest BCUT2D eigenvalue weighted by molar-refractivity contribution is 0.142. The lowest BCUT2D eigenvalue weighted by Crippen LogP contribution is -2.48. The minimum atomic E-state index is -0.973. The van der Waals surface area contributed by atoms with Crippen molar-refractivity contribution in [1.82, 2.24) is 4.90 Å². The third-order valence-electron chi connectivity index (χ3n) is 4.22. The van der Waals surface area contributed by atoms with Crippen molar-refractivity contribution in [2.75, 3.05) is 37.7 Å². The van der Waals surface area contributed by atoms with Crippen LogP contribution in [0.15, 0.2) is 6.07 Å². The van der Waals surface area contributed by atoms with Crippen molar-refractivity contribution in [3.63, 3.8) is 0 Å². The summed E-state index contributed by atoms with van der Waals surface area (Å²) in [6.07, 6.45) is -0.637. The lowest BCUT2D eigenvalue weighted by atomic mass is 9.97. The first kappa shape index (κ1) is 15.4. The first-order valence-corrected chi connectivity index (χ1v) is 7.38. The molecule has 1 saturated heterocycles. The number of hydrogen-bond donors (Lipinski definition) is 2. The van der Waals surface area contributed by atoms with Crippen LogP contribution >= 0.6 is 0 Å². The van der Waals surface area contributed by atoms with Crippen molar-refractivity contribution in [3.8, 4) is 11.8 Å². The molecule has 23 heavy (non-hydrogen) atoms. The number of amides is 1. The van der Waals surface area contributed by atoms with E-state index in [0.29, 0.717) is 43.9 Å². The predicted molar refractivity (Wildman–Crippen MR) is 80.1 cm³/mol. The quantitative estimate of drug-likeness (QED) is 0.792. The molecule has 1 fully saturated rings. The zero-order valence-corrected chi connectivity index (χ0v) is 12.5. The first-order chi connectivity index (χ1) is 11.0. The molecule has 2 aliphatic rings. The number of carboxylic acid groups (broad SMARTS) is 1. The number of benzene rings is 1. The van der Waals surface area contributed by atoms with Crippen LogP contribution in [-0.4, -0.2) is 54.9 Å². The molecule has 0 bridgehead atoms. The van der Waals surface area contributed by atoms with Crippen molar-refractivity contribution in [2.45, 2.75) is 12.5 Å². The van der Waals surface area contributed by atoms with Crippen LogP contribution in [-0.2, 0) is 6.42 Å². The van der Waals surface area contributed by atoms with Gasteiger partial charge in [-0.05, 0) is 12.5 Å². The molecule has 1 amide bonds. The number of nitrogens with two attached hydrogens (primary N) is 1. The number of ether oxygens (including phenoxy) is 1. The fourth-order valence-corrected chi connectivity index (χ4v) is 3.01. The second kappa shape index (κ2) is 5.93. The monoisotopic (exact) mass is 320 g/mol. The van der Waals surface area contributed by atoms with E-state index in [2.05, 4.69) is 6.07 Å². The number of nitriles is 1. The van der Waals surface area contributed by atoms with Crippen molar-refractivity contribution in [1.29, 1.82) is 5.26 Å². The maximum absolute atomic E-state index is 14.4. The van der Waals surface area contributed by atoms with Crippen LogP contribution in [0.5, 0.6) is 5.75 Å². The van der Waals surface area contributed by atoms with Crippen molar-refractivity contribution in [3.05, 3.63) is 23.0 Å². The van der Waals surface area contributed by atoms with Gasteiger partial charge in [0.2, 0.25) is 0 Å². The van der Waals surface area contributed by atoms with E-state index in [0.717, 1.165) is 0 Å². The number of hydrogen-bond acceptors (Lipinski definition) is 5. The largest absolute Gasteiger partial charge is 0.490 e. The number of carbonyl (C=O) groups is 1. The Morgan fingerprint density at radius 2 is 2.13 bits per heavy atom. The van der Waals surface area contributed by atoms with Gasteiger partial charge in [-0.1, -0.05) is 0 Å². The highest BCUT2D eigenvalue weighted by Crippen LogP contribution is 2.37. The van der Waals surface area contributed by atoms with E-state index in [-0.39, 0.29) is 24.0 Å². The molecule has 2 aliphatic heterocycles. The van der Waals surface area contributed by atoms with Gasteiger partial charge in [0.15, 0.2) is 0 Å². The summed E-state index contributed by atoms with van der Waals surface area (Å²) in [4.78, 5) is 14.1. The Labute approximate surface area is 132 Å². The molecule has 0 unspecified atom stereocenters. The van der Waals surface area contributed by atoms with Gasteiger partial charge in [0.05, 0.1) is 5.69 Å². The van der Waals surface area contributed by atoms with E-state index in [1.807, 2.05) is 4.90 Å². The molecular formula is C15H17FN4O3. The van der Waals surface area contributed by atoms with Crippen LogP contribution in [0.25, 0.3) is 0 Å². The van der Waals surface area contributed by atoms with Gasteiger partial charge >= 0.3 is 6.09 Å². The number of piperazine rings is 1. The standard InChI is InChI=1S/C15H17FN4O3/c16-12-6-13(19-1-3-20(4-2-19)15(21)22)11(7-17)14-10(12)5-9(18)8-23-14/h6,9H,1-5,8,18H2,(H,21,22)/t9-/m1/s1. The average molecular weight is 320 g/mol. The highest BCUT2D eigenvalue weighted by Gasteiger charge is 2.29. The Balaban J connectivity index is 1.93. The van der Waals surface area contributed by atoms with Crippen LogP contribution in [0.3, 0.4) is 0 Å². The number of anilines is 1. The molecule has 3 rings (SSSR count). The highest BCUT2D eigenvalue weighted by molar-refractivity contribution is 5.69. The van der Waals surface area contributed by atoms with E-state index in [9.17, 15) is 14.4 Å². The molecule has 0 saturated carbocycles. The summed E-state index contributed by atoms with van der Waals surface area (Å²) in [5.41, 5.74) is 6.87. The summed E-state index contributed by atoms with van der Waals surface area (Å²) in [5.74, 6) is -0.172. The zero-order chi connectivity index (χ0) is 16.6. The number of nitrogens with zero attached hydrogens (tertiary/aromatic N) is 3. The molecular weight excluding hydrogens is 303 g/mol. The molecule has 0 spiro atoms. The molecule has 7 nitrogen and oxygen atoms in total. The Morgan fingerprint density at radius 1 is 1.43 bits per heavy atom. The summed E-state index contributed by atoms with van der Waals surface area (Å²) in [5, 5.41) is 18.5. The van der Waals surface area contributed by atoms with Gasteiger partial charge in [0.25, 0.3) is 0 Å². The predicted octanol–water partition coefficient (Wildman–Crippen LogP) is 0.760. The Morgan fingerprint density at radius 3 is 2.74 bits per heavy atom. The second-order valence-corrected chi connectivity index (χ2v) is 5.70. The topological polar surface area (TPSA) is 103 Å². The van der Waals surface area contributed by atoms with Crippen LogP contribution in [0, 0.1) is 17.1 Å². The maximum atomic E-state index is 14.4. The summed E-state index contributed by atoms with van der Waals surface area (Å²) in [7, 11) is 0. The van der Waals surface area contributed by atoms with E-state index < -0.39 is 11.9 Å². The number of halogens is 1. The minimum absolute atomic E-state index is 0.247. The molecule has 1 aromatic carbocycles. The first-order valence-electron chi connectivity index (χ1n) is 7.38. The van der Waals surface area contributed by atoms with Gasteiger partial charge in [-0.3, -0.25) is 0 Å². The van der Waals surface area contributed by atoms with E-state index in [1.54, 1.807) is 0 Å². The third-order valence-corrected chi connectivity index (χ3v) is 4.22. The van der Waals surface area contributed by atoms with Gasteiger partial charge < -0.3 is 25.4 Å². The van der Waals surface area contributed by atoms with Crippen LogP contribution in [0.1, 0.15) is 11.1 Å². The van der Waals surface area contributed by atoms with Crippen molar-refractivity contribution in [2.24, 2.45) is 5.73 Å². The third kappa shape index (κ3) is 2.75. The summed E-state index contributed by atoms with van der Waals surface area (Å²) < 4.78 is 19.9. The molecule has 1 aromatic rings. The van der Waals surface area contributed by atoms with Gasteiger partial charge in [-0.2, -0.15) is 5.26 Å². The summed E-state index contributed by atoms with van der Waals surface area (Å²) in [6.45, 7) is 1.67. The molecule has 2 heterocycles. The zero-order valence-electron chi connectivity index (χ0n) is 12.5. The average Bonchev–Trinajstić information content (AvgIpc) is 2.55. The maximum Gasteiger partial charge on any atom is 0.407 e. The van der Waals surface area contributed by atoms with Crippen LogP contribution < -0.4 is 15.4 Å². The van der Waals surface area contributed by atoms with E-state index >= 15 is 0 Å². The molecule has 0 aromatic heterocycles. The minimum Gasteiger partial charge on any atom is -0.490 e. The summed E-state index contributed by atoms with van der Waals surface area (Å²) in [6, 6.07) is 3.14. The Bertz CT molecular complexity index is 680.